The monoisotopic (exact) mass is 350 g/mol. The molecule has 16 heavy (non-hydrogen) atoms. The van der Waals surface area contributed by atoms with Gasteiger partial charge in [0.15, 0.2) is 0 Å². The number of rotatable bonds is 5. The van der Waals surface area contributed by atoms with E-state index in [2.05, 4.69) is 22.6 Å². The lowest BCUT2D eigenvalue weighted by molar-refractivity contribution is 0.0505. The smallest absolute Gasteiger partial charge is 0.338 e. The second kappa shape index (κ2) is 7.03. The third-order valence-electron chi connectivity index (χ3n) is 2.19. The number of esters is 1. The predicted octanol–water partition coefficient (Wildman–Crippen LogP) is 1.11. The molecule has 0 aliphatic heterocycles. The Morgan fingerprint density at radius 2 is 2.25 bits per heavy atom. The molecule has 5 heteroatoms. The van der Waals surface area contributed by atoms with Crippen LogP contribution in [0.3, 0.4) is 0 Å². The van der Waals surface area contributed by atoms with Gasteiger partial charge in [-0.1, -0.05) is 12.1 Å². The largest absolute Gasteiger partial charge is 0.462 e. The fraction of sp³-hybridized carbons (Fsp3) is 0.364. The van der Waals surface area contributed by atoms with E-state index in [0.29, 0.717) is 12.2 Å². The van der Waals surface area contributed by atoms with Crippen LogP contribution in [0, 0.1) is 3.57 Å². The van der Waals surface area contributed by atoms with Crippen molar-refractivity contribution in [2.24, 2.45) is 0 Å². The lowest BCUT2D eigenvalue weighted by Crippen LogP contribution is -2.07. The molecule has 0 unspecified atom stereocenters. The number of aliphatic hydroxyl groups excluding tert-OH is 1. The van der Waals surface area contributed by atoms with E-state index in [1.54, 1.807) is 18.2 Å². The van der Waals surface area contributed by atoms with Gasteiger partial charge in [0.2, 0.25) is 0 Å². The standard InChI is InChI=1S/C11H15IO3Si/c12-10-6-8(2-3-9(10)7-13)11(14)15-4-1-5-16/h2-3,6,13H,1,4-5,7H2,16H3. The molecule has 0 saturated carbocycles. The Kier molecular flexibility index (Phi) is 6.00. The van der Waals surface area contributed by atoms with Gasteiger partial charge in [0.05, 0.1) is 18.8 Å². The van der Waals surface area contributed by atoms with Gasteiger partial charge in [-0.05, 0) is 46.7 Å². The van der Waals surface area contributed by atoms with E-state index in [-0.39, 0.29) is 12.6 Å². The van der Waals surface area contributed by atoms with Gasteiger partial charge in [-0.25, -0.2) is 4.79 Å². The lowest BCUT2D eigenvalue weighted by Gasteiger charge is -2.06. The molecule has 0 heterocycles. The quantitative estimate of drug-likeness (QED) is 0.375. The van der Waals surface area contributed by atoms with Gasteiger partial charge in [0, 0.05) is 13.8 Å². The van der Waals surface area contributed by atoms with Crippen LogP contribution < -0.4 is 0 Å². The van der Waals surface area contributed by atoms with Gasteiger partial charge in [-0.3, -0.25) is 0 Å². The lowest BCUT2D eigenvalue weighted by atomic mass is 10.1. The van der Waals surface area contributed by atoms with Crippen molar-refractivity contribution in [3.63, 3.8) is 0 Å². The van der Waals surface area contributed by atoms with Crippen LogP contribution in [0.1, 0.15) is 22.3 Å². The fourth-order valence-electron chi connectivity index (χ4n) is 1.20. The maximum absolute atomic E-state index is 11.6. The number of carbonyl (C=O) groups is 1. The summed E-state index contributed by atoms with van der Waals surface area (Å²) in [4.78, 5) is 11.6. The van der Waals surface area contributed by atoms with E-state index in [0.717, 1.165) is 31.8 Å². The van der Waals surface area contributed by atoms with Crippen LogP contribution in [0.15, 0.2) is 18.2 Å². The number of hydrogen-bond donors (Lipinski definition) is 1. The SMILES string of the molecule is O=C(OCCC[SiH3])c1ccc(CO)c(I)c1. The molecular weight excluding hydrogens is 335 g/mol. The van der Waals surface area contributed by atoms with E-state index in [4.69, 9.17) is 9.84 Å². The molecule has 0 bridgehead atoms. The highest BCUT2D eigenvalue weighted by molar-refractivity contribution is 14.1. The summed E-state index contributed by atoms with van der Waals surface area (Å²) in [6.45, 7) is 0.495. The van der Waals surface area contributed by atoms with E-state index in [1.165, 1.54) is 0 Å². The van der Waals surface area contributed by atoms with Gasteiger partial charge in [0.1, 0.15) is 0 Å². The van der Waals surface area contributed by atoms with Gasteiger partial charge in [0.25, 0.3) is 0 Å². The van der Waals surface area contributed by atoms with Crippen LogP contribution in [-0.2, 0) is 11.3 Å². The summed E-state index contributed by atoms with van der Waals surface area (Å²) in [7, 11) is 1.15. The Morgan fingerprint density at radius 3 is 2.81 bits per heavy atom. The first-order valence-corrected chi connectivity index (χ1v) is 7.74. The summed E-state index contributed by atoms with van der Waals surface area (Å²) in [5.74, 6) is -0.280. The first-order valence-electron chi connectivity index (χ1n) is 5.25. The Morgan fingerprint density at radius 1 is 1.50 bits per heavy atom. The Balaban J connectivity index is 2.66. The molecule has 0 saturated heterocycles. The number of carbonyl (C=O) groups excluding carboxylic acids is 1. The zero-order chi connectivity index (χ0) is 12.0. The Labute approximate surface area is 112 Å². The van der Waals surface area contributed by atoms with Crippen LogP contribution in [0.5, 0.6) is 0 Å². The van der Waals surface area contributed by atoms with Crippen LogP contribution >= 0.6 is 22.6 Å². The minimum absolute atomic E-state index is 0.00589. The van der Waals surface area contributed by atoms with Crippen molar-refractivity contribution < 1.29 is 14.6 Å². The number of aliphatic hydroxyl groups is 1. The molecule has 0 fully saturated rings. The highest BCUT2D eigenvalue weighted by Crippen LogP contribution is 2.15. The second-order valence-electron chi connectivity index (χ2n) is 3.45. The molecule has 1 rings (SSSR count). The van der Waals surface area contributed by atoms with Crippen molar-refractivity contribution in [1.82, 2.24) is 0 Å². The van der Waals surface area contributed by atoms with Crippen molar-refractivity contribution in [3.8, 4) is 0 Å². The third kappa shape index (κ3) is 3.87. The van der Waals surface area contributed by atoms with E-state index < -0.39 is 0 Å². The summed E-state index contributed by atoms with van der Waals surface area (Å²) in [6, 6.07) is 6.34. The highest BCUT2D eigenvalue weighted by atomic mass is 127. The summed E-state index contributed by atoms with van der Waals surface area (Å²) in [6.07, 6.45) is 0.948. The molecule has 0 aliphatic carbocycles. The fourth-order valence-corrected chi connectivity index (χ4v) is 2.17. The highest BCUT2D eigenvalue weighted by Gasteiger charge is 2.08. The van der Waals surface area contributed by atoms with Crippen molar-refractivity contribution in [2.45, 2.75) is 19.1 Å². The first kappa shape index (κ1) is 13.7. The molecule has 1 aromatic carbocycles. The van der Waals surface area contributed by atoms with E-state index in [1.807, 2.05) is 0 Å². The molecule has 0 atom stereocenters. The number of ether oxygens (including phenoxy) is 1. The molecule has 88 valence electrons. The molecule has 0 amide bonds. The molecule has 0 spiro atoms. The summed E-state index contributed by atoms with van der Waals surface area (Å²) in [5, 5.41) is 9.00. The van der Waals surface area contributed by atoms with Gasteiger partial charge in [-0.2, -0.15) is 0 Å². The normalized spacial score (nSPS) is 10.4. The van der Waals surface area contributed by atoms with Gasteiger partial charge < -0.3 is 9.84 Å². The van der Waals surface area contributed by atoms with Crippen LogP contribution in [0.25, 0.3) is 0 Å². The molecule has 0 aliphatic rings. The van der Waals surface area contributed by atoms with Crippen LogP contribution in [0.2, 0.25) is 6.04 Å². The second-order valence-corrected chi connectivity index (χ2v) is 5.62. The minimum atomic E-state index is -0.280. The summed E-state index contributed by atoms with van der Waals surface area (Å²) < 4.78 is 6.00. The molecular formula is C11H15IO3Si. The molecule has 1 aromatic rings. The average molecular weight is 350 g/mol. The number of hydrogen-bond acceptors (Lipinski definition) is 3. The number of halogens is 1. The predicted molar refractivity (Wildman–Crippen MR) is 74.7 cm³/mol. The van der Waals surface area contributed by atoms with Crippen LogP contribution in [0.4, 0.5) is 0 Å². The topological polar surface area (TPSA) is 46.5 Å². The molecule has 0 radical (unpaired) electrons. The zero-order valence-electron chi connectivity index (χ0n) is 9.20. The van der Waals surface area contributed by atoms with Crippen molar-refractivity contribution in [2.75, 3.05) is 6.61 Å². The Bertz CT molecular complexity index is 368. The third-order valence-corrected chi connectivity index (χ3v) is 3.90. The maximum atomic E-state index is 11.6. The van der Waals surface area contributed by atoms with E-state index >= 15 is 0 Å². The van der Waals surface area contributed by atoms with Gasteiger partial charge >= 0.3 is 5.97 Å². The zero-order valence-corrected chi connectivity index (χ0v) is 13.4. The van der Waals surface area contributed by atoms with Crippen molar-refractivity contribution in [3.05, 3.63) is 32.9 Å². The molecule has 1 N–H and O–H groups in total. The van der Waals surface area contributed by atoms with Crippen molar-refractivity contribution >= 4 is 38.8 Å². The average Bonchev–Trinajstić information content (AvgIpc) is 2.29. The minimum Gasteiger partial charge on any atom is -0.462 e. The summed E-state index contributed by atoms with van der Waals surface area (Å²) >= 11 is 2.10. The van der Waals surface area contributed by atoms with Gasteiger partial charge in [-0.15, -0.1) is 0 Å². The Hall–Kier alpha value is -0.403. The van der Waals surface area contributed by atoms with Crippen LogP contribution in [-0.4, -0.2) is 27.9 Å². The maximum Gasteiger partial charge on any atom is 0.338 e. The van der Waals surface area contributed by atoms with Crippen molar-refractivity contribution in [1.29, 1.82) is 0 Å². The first-order chi connectivity index (χ1) is 7.69. The molecule has 0 aromatic heterocycles. The van der Waals surface area contributed by atoms with E-state index in [9.17, 15) is 4.79 Å². The number of benzene rings is 1. The molecule has 3 nitrogen and oxygen atoms in total. The summed E-state index contributed by atoms with van der Waals surface area (Å²) in [5.41, 5.74) is 1.38.